The highest BCUT2D eigenvalue weighted by atomic mass is 16.5. The van der Waals surface area contributed by atoms with Gasteiger partial charge >= 0.3 is 0 Å². The van der Waals surface area contributed by atoms with Crippen molar-refractivity contribution in [2.45, 2.75) is 12.5 Å². The fraction of sp³-hybridized carbons (Fsp3) is 0.238. The lowest BCUT2D eigenvalue weighted by Crippen LogP contribution is -2.23. The molecule has 3 aromatic carbocycles. The molecule has 4 N–H and O–H groups in total. The highest BCUT2D eigenvalue weighted by molar-refractivity contribution is 5.91. The number of rotatable bonds is 7. The molecule has 0 saturated carbocycles. The van der Waals surface area contributed by atoms with Crippen molar-refractivity contribution >= 4 is 10.8 Å². The molecule has 0 aliphatic carbocycles. The lowest BCUT2D eigenvalue weighted by atomic mass is 10.0. The van der Waals surface area contributed by atoms with Crippen molar-refractivity contribution in [2.75, 3.05) is 20.2 Å². The van der Waals surface area contributed by atoms with E-state index in [1.165, 1.54) is 23.8 Å². The highest BCUT2D eigenvalue weighted by Crippen LogP contribution is 2.28. The van der Waals surface area contributed by atoms with E-state index >= 15 is 0 Å². The number of phenols is 2. The number of phenolic OH excluding ortho intramolecular Hbond substituents is 2. The number of benzene rings is 3. The van der Waals surface area contributed by atoms with E-state index in [2.05, 4.69) is 17.4 Å². The monoisotopic (exact) mass is 353 g/mol. The molecule has 5 heteroatoms. The quantitative estimate of drug-likeness (QED) is 0.491. The van der Waals surface area contributed by atoms with E-state index in [1.807, 2.05) is 24.3 Å². The molecule has 0 heterocycles. The minimum atomic E-state index is -0.805. The standard InChI is InChI=1S/C21H23NO4/c1-26-21-7-6-14(18-4-2-3-5-19(18)21)8-9-22-13-20(25)15-10-16(23)12-17(24)11-15/h2-7,10-12,20,22-25H,8-9,13H2,1H3. The van der Waals surface area contributed by atoms with Crippen LogP contribution in [0.15, 0.2) is 54.6 Å². The van der Waals surface area contributed by atoms with Crippen molar-refractivity contribution < 1.29 is 20.1 Å². The molecule has 1 atom stereocenters. The van der Waals surface area contributed by atoms with Crippen LogP contribution in [-0.2, 0) is 6.42 Å². The van der Waals surface area contributed by atoms with Crippen LogP contribution < -0.4 is 10.1 Å². The fourth-order valence-electron chi connectivity index (χ4n) is 3.12. The number of hydrogen-bond acceptors (Lipinski definition) is 5. The van der Waals surface area contributed by atoms with E-state index in [-0.39, 0.29) is 11.5 Å². The van der Waals surface area contributed by atoms with Gasteiger partial charge in [0.05, 0.1) is 13.2 Å². The van der Waals surface area contributed by atoms with Crippen LogP contribution in [0.25, 0.3) is 10.8 Å². The van der Waals surface area contributed by atoms with Crippen molar-refractivity contribution in [1.82, 2.24) is 5.32 Å². The third-order valence-electron chi connectivity index (χ3n) is 4.41. The largest absolute Gasteiger partial charge is 0.508 e. The first-order valence-electron chi connectivity index (χ1n) is 8.55. The number of fused-ring (bicyclic) bond motifs is 1. The molecule has 0 amide bonds. The maximum atomic E-state index is 10.2. The van der Waals surface area contributed by atoms with Crippen LogP contribution in [0.3, 0.4) is 0 Å². The summed E-state index contributed by atoms with van der Waals surface area (Å²) in [6, 6.07) is 16.3. The van der Waals surface area contributed by atoms with E-state index in [4.69, 9.17) is 4.74 Å². The van der Waals surface area contributed by atoms with Gasteiger partial charge in [0, 0.05) is 18.0 Å². The maximum absolute atomic E-state index is 10.2. The zero-order valence-electron chi connectivity index (χ0n) is 14.6. The second-order valence-electron chi connectivity index (χ2n) is 6.23. The van der Waals surface area contributed by atoms with Crippen LogP contribution in [-0.4, -0.2) is 35.5 Å². The average Bonchev–Trinajstić information content (AvgIpc) is 2.64. The van der Waals surface area contributed by atoms with E-state index in [1.54, 1.807) is 7.11 Å². The number of ether oxygens (including phenoxy) is 1. The van der Waals surface area contributed by atoms with Gasteiger partial charge in [-0.15, -0.1) is 0 Å². The molecule has 0 saturated heterocycles. The van der Waals surface area contributed by atoms with Gasteiger partial charge in [0.1, 0.15) is 17.2 Å². The molecule has 0 aliphatic heterocycles. The first-order chi connectivity index (χ1) is 12.6. The van der Waals surface area contributed by atoms with Gasteiger partial charge in [0.25, 0.3) is 0 Å². The van der Waals surface area contributed by atoms with Crippen molar-refractivity contribution in [3.05, 3.63) is 65.7 Å². The minimum Gasteiger partial charge on any atom is -0.508 e. The Balaban J connectivity index is 1.61. The number of aliphatic hydroxyl groups is 1. The first kappa shape index (κ1) is 18.0. The van der Waals surface area contributed by atoms with Gasteiger partial charge in [0.15, 0.2) is 0 Å². The average molecular weight is 353 g/mol. The Kier molecular flexibility index (Phi) is 5.61. The third-order valence-corrected chi connectivity index (χ3v) is 4.41. The zero-order valence-corrected chi connectivity index (χ0v) is 14.6. The molecule has 3 aromatic rings. The van der Waals surface area contributed by atoms with Crippen molar-refractivity contribution in [3.8, 4) is 17.2 Å². The molecule has 0 aromatic heterocycles. The molecule has 136 valence electrons. The Bertz CT molecular complexity index is 874. The Labute approximate surface area is 152 Å². The molecule has 0 radical (unpaired) electrons. The highest BCUT2D eigenvalue weighted by Gasteiger charge is 2.10. The summed E-state index contributed by atoms with van der Waals surface area (Å²) >= 11 is 0. The van der Waals surface area contributed by atoms with Gasteiger partial charge in [-0.3, -0.25) is 0 Å². The third kappa shape index (κ3) is 4.07. The minimum absolute atomic E-state index is 0.0660. The molecule has 0 bridgehead atoms. The van der Waals surface area contributed by atoms with Gasteiger partial charge in [0.2, 0.25) is 0 Å². The number of hydrogen-bond donors (Lipinski definition) is 4. The van der Waals surface area contributed by atoms with Gasteiger partial charge in [-0.25, -0.2) is 0 Å². The molecule has 5 nitrogen and oxygen atoms in total. The number of aromatic hydroxyl groups is 2. The molecular weight excluding hydrogens is 330 g/mol. The Morgan fingerprint density at radius 3 is 2.35 bits per heavy atom. The van der Waals surface area contributed by atoms with Gasteiger partial charge in [-0.05, 0) is 47.7 Å². The summed E-state index contributed by atoms with van der Waals surface area (Å²) < 4.78 is 5.42. The molecule has 0 fully saturated rings. The summed E-state index contributed by atoms with van der Waals surface area (Å²) in [5.74, 6) is 0.726. The molecular formula is C21H23NO4. The summed E-state index contributed by atoms with van der Waals surface area (Å²) in [6.45, 7) is 1.02. The Morgan fingerprint density at radius 1 is 0.962 bits per heavy atom. The lowest BCUT2D eigenvalue weighted by molar-refractivity contribution is 0.174. The van der Waals surface area contributed by atoms with Crippen molar-refractivity contribution in [3.63, 3.8) is 0 Å². The van der Waals surface area contributed by atoms with E-state index < -0.39 is 6.10 Å². The number of nitrogens with one attached hydrogen (secondary N) is 1. The zero-order chi connectivity index (χ0) is 18.5. The van der Waals surface area contributed by atoms with Gasteiger partial charge in [-0.2, -0.15) is 0 Å². The SMILES string of the molecule is COc1ccc(CCNCC(O)c2cc(O)cc(O)c2)c2ccccc12. The first-order valence-corrected chi connectivity index (χ1v) is 8.55. The van der Waals surface area contributed by atoms with Crippen LogP contribution >= 0.6 is 0 Å². The molecule has 1 unspecified atom stereocenters. The van der Waals surface area contributed by atoms with Crippen LogP contribution in [0, 0.1) is 0 Å². The summed E-state index contributed by atoms with van der Waals surface area (Å²) in [4.78, 5) is 0. The lowest BCUT2D eigenvalue weighted by Gasteiger charge is -2.14. The number of methoxy groups -OCH3 is 1. The van der Waals surface area contributed by atoms with E-state index in [9.17, 15) is 15.3 Å². The van der Waals surface area contributed by atoms with Crippen LogP contribution in [0.1, 0.15) is 17.2 Å². The normalized spacial score (nSPS) is 12.2. The predicted molar refractivity (Wildman–Crippen MR) is 102 cm³/mol. The summed E-state index contributed by atoms with van der Waals surface area (Å²) in [5.41, 5.74) is 1.68. The molecule has 3 rings (SSSR count). The maximum Gasteiger partial charge on any atom is 0.126 e. The summed E-state index contributed by atoms with van der Waals surface area (Å²) in [6.07, 6.45) is 0.00306. The second kappa shape index (κ2) is 8.08. The van der Waals surface area contributed by atoms with Crippen LogP contribution in [0.5, 0.6) is 17.2 Å². The fourth-order valence-corrected chi connectivity index (χ4v) is 3.12. The summed E-state index contributed by atoms with van der Waals surface area (Å²) in [5, 5.41) is 34.7. The van der Waals surface area contributed by atoms with Crippen molar-refractivity contribution in [2.24, 2.45) is 0 Å². The Hall–Kier alpha value is -2.76. The van der Waals surface area contributed by atoms with Gasteiger partial charge < -0.3 is 25.4 Å². The topological polar surface area (TPSA) is 82.0 Å². The summed E-state index contributed by atoms with van der Waals surface area (Å²) in [7, 11) is 1.67. The van der Waals surface area contributed by atoms with E-state index in [0.717, 1.165) is 22.9 Å². The van der Waals surface area contributed by atoms with Gasteiger partial charge in [-0.1, -0.05) is 30.3 Å². The van der Waals surface area contributed by atoms with Crippen LogP contribution in [0.4, 0.5) is 0 Å². The predicted octanol–water partition coefficient (Wildman–Crippen LogP) is 3.13. The Morgan fingerprint density at radius 2 is 1.65 bits per heavy atom. The molecule has 26 heavy (non-hydrogen) atoms. The van der Waals surface area contributed by atoms with Crippen LogP contribution in [0.2, 0.25) is 0 Å². The smallest absolute Gasteiger partial charge is 0.126 e. The molecule has 0 spiro atoms. The molecule has 0 aliphatic rings. The number of aliphatic hydroxyl groups excluding tert-OH is 1. The van der Waals surface area contributed by atoms with E-state index in [0.29, 0.717) is 18.7 Å². The van der Waals surface area contributed by atoms with Crippen molar-refractivity contribution in [1.29, 1.82) is 0 Å². The second-order valence-corrected chi connectivity index (χ2v) is 6.23.